The van der Waals surface area contributed by atoms with Crippen LogP contribution < -0.4 is 0 Å². The molecule has 0 aromatic rings. The van der Waals surface area contributed by atoms with Gasteiger partial charge in [-0.2, -0.15) is 13.2 Å². The Morgan fingerprint density at radius 3 is 1.97 bits per heavy atom. The van der Waals surface area contributed by atoms with E-state index in [1.54, 1.807) is 0 Å². The van der Waals surface area contributed by atoms with E-state index in [4.69, 9.17) is 14.2 Å². The highest BCUT2D eigenvalue weighted by molar-refractivity contribution is 5.89. The minimum atomic E-state index is -4.80. The van der Waals surface area contributed by atoms with Crippen molar-refractivity contribution in [1.82, 2.24) is 0 Å². The first-order valence-electron chi connectivity index (χ1n) is 10.1. The summed E-state index contributed by atoms with van der Waals surface area (Å²) in [5.41, 5.74) is -1.53. The van der Waals surface area contributed by atoms with Crippen LogP contribution in [-0.2, 0) is 28.6 Å². The molecule has 7 nitrogen and oxygen atoms in total. The van der Waals surface area contributed by atoms with Crippen molar-refractivity contribution in [3.8, 4) is 0 Å². The number of aliphatic hydroxyl groups excluding tert-OH is 1. The van der Waals surface area contributed by atoms with Crippen molar-refractivity contribution in [3.05, 3.63) is 12.2 Å². The lowest BCUT2D eigenvalue weighted by Crippen LogP contribution is -2.37. The van der Waals surface area contributed by atoms with Crippen LogP contribution in [0.3, 0.4) is 0 Å². The first kappa shape index (κ1) is 24.5. The molecule has 0 spiro atoms. The van der Waals surface area contributed by atoms with Crippen LogP contribution in [-0.4, -0.2) is 53.6 Å². The quantitative estimate of drug-likeness (QED) is 0.383. The van der Waals surface area contributed by atoms with Gasteiger partial charge < -0.3 is 19.3 Å². The molecule has 0 aromatic heterocycles. The van der Waals surface area contributed by atoms with Crippen LogP contribution in [0.2, 0.25) is 0 Å². The van der Waals surface area contributed by atoms with Gasteiger partial charge in [-0.1, -0.05) is 21.4 Å². The first-order valence-corrected chi connectivity index (χ1v) is 10.1. The molecule has 6 fully saturated rings. The van der Waals surface area contributed by atoms with Crippen LogP contribution in [0.1, 0.15) is 40.5 Å². The SMILES string of the molecule is C.C.C=C(C(=O)OC1C2CC3C(=O)OC1C3C2)C(F)(F)F.O=C1OC2C(O)C3CC1C2C3. The lowest BCUT2D eigenvalue weighted by Gasteiger charge is -2.25. The van der Waals surface area contributed by atoms with Crippen LogP contribution in [0.25, 0.3) is 0 Å². The van der Waals surface area contributed by atoms with E-state index in [0.717, 1.165) is 12.8 Å². The number of carbonyl (C=O) groups excluding carboxylic acids is 3. The fourth-order valence-electron chi connectivity index (χ4n) is 6.30. The molecule has 10 heteroatoms. The predicted molar refractivity (Wildman–Crippen MR) is 104 cm³/mol. The Bertz CT molecular complexity index is 825. The monoisotopic (exact) mass is 462 g/mol. The molecule has 32 heavy (non-hydrogen) atoms. The number of rotatable bonds is 2. The molecule has 180 valence electrons. The molecular formula is C22H29F3O7. The van der Waals surface area contributed by atoms with Gasteiger partial charge in [-0.15, -0.1) is 0 Å². The van der Waals surface area contributed by atoms with Gasteiger partial charge in [0, 0.05) is 17.8 Å². The molecule has 2 saturated heterocycles. The number of esters is 3. The van der Waals surface area contributed by atoms with Gasteiger partial charge in [0.05, 0.1) is 17.9 Å². The minimum Gasteiger partial charge on any atom is -0.459 e. The van der Waals surface area contributed by atoms with Gasteiger partial charge in [-0.3, -0.25) is 9.59 Å². The first-order chi connectivity index (χ1) is 14.1. The highest BCUT2D eigenvalue weighted by Gasteiger charge is 2.64. The second-order valence-corrected chi connectivity index (χ2v) is 9.14. The summed E-state index contributed by atoms with van der Waals surface area (Å²) in [7, 11) is 0. The summed E-state index contributed by atoms with van der Waals surface area (Å²) in [4.78, 5) is 34.0. The van der Waals surface area contributed by atoms with Crippen molar-refractivity contribution >= 4 is 17.9 Å². The van der Waals surface area contributed by atoms with Crippen LogP contribution in [0.5, 0.6) is 0 Å². The zero-order chi connectivity index (χ0) is 21.5. The fourth-order valence-corrected chi connectivity index (χ4v) is 6.30. The second kappa shape index (κ2) is 8.04. The van der Waals surface area contributed by atoms with E-state index >= 15 is 0 Å². The van der Waals surface area contributed by atoms with Gasteiger partial charge in [-0.25, -0.2) is 4.79 Å². The van der Waals surface area contributed by atoms with Crippen molar-refractivity contribution < 1.29 is 46.9 Å². The number of hydrogen-bond acceptors (Lipinski definition) is 7. The summed E-state index contributed by atoms with van der Waals surface area (Å²) in [6.07, 6.45) is -3.60. The van der Waals surface area contributed by atoms with Crippen LogP contribution >= 0.6 is 0 Å². The van der Waals surface area contributed by atoms with Gasteiger partial charge in [0.2, 0.25) is 0 Å². The normalized spacial score (nSPS) is 43.5. The minimum absolute atomic E-state index is 0. The maximum atomic E-state index is 12.3. The van der Waals surface area contributed by atoms with E-state index in [1.165, 1.54) is 0 Å². The summed E-state index contributed by atoms with van der Waals surface area (Å²) >= 11 is 0. The highest BCUT2D eigenvalue weighted by Crippen LogP contribution is 2.56. The molecule has 4 saturated carbocycles. The third kappa shape index (κ3) is 3.50. The molecule has 1 N–H and O–H groups in total. The summed E-state index contributed by atoms with van der Waals surface area (Å²) < 4.78 is 52.0. The Morgan fingerprint density at radius 2 is 1.44 bits per heavy atom. The van der Waals surface area contributed by atoms with E-state index < -0.39 is 29.9 Å². The predicted octanol–water partition coefficient (Wildman–Crippen LogP) is 2.80. The summed E-state index contributed by atoms with van der Waals surface area (Å²) in [5, 5.41) is 9.55. The summed E-state index contributed by atoms with van der Waals surface area (Å²) in [6.45, 7) is 2.70. The number of fused-ring (bicyclic) bond motifs is 2. The van der Waals surface area contributed by atoms with E-state index in [1.807, 2.05) is 0 Å². The van der Waals surface area contributed by atoms with E-state index in [2.05, 4.69) is 6.58 Å². The van der Waals surface area contributed by atoms with Crippen molar-refractivity contribution in [2.75, 3.05) is 0 Å². The molecule has 4 aliphatic carbocycles. The largest absolute Gasteiger partial charge is 0.459 e. The second-order valence-electron chi connectivity index (χ2n) is 9.14. The number of hydrogen-bond donors (Lipinski definition) is 1. The zero-order valence-electron chi connectivity index (χ0n) is 15.8. The van der Waals surface area contributed by atoms with Gasteiger partial charge in [0.25, 0.3) is 0 Å². The standard InChI is InChI=1S/C12H11F3O4.C8H10O3.2CH4/c1-4(12(13,14)15)10(16)18-8-5-2-6-7(3-5)11(17)19-9(6)8;9-6-3-1-4-5(2-3)8(10)11-7(4)6;;/h5-9H,1-3H2;3-7,9H,1-2H2;2*1H4. The van der Waals surface area contributed by atoms with Crippen molar-refractivity contribution in [2.24, 2.45) is 35.5 Å². The fraction of sp³-hybridized carbons (Fsp3) is 0.773. The zero-order valence-corrected chi connectivity index (χ0v) is 15.8. The molecule has 10 atom stereocenters. The van der Waals surface area contributed by atoms with Gasteiger partial charge in [0.1, 0.15) is 23.9 Å². The maximum absolute atomic E-state index is 12.3. The average Bonchev–Trinajstić information content (AvgIpc) is 3.45. The Balaban J connectivity index is 0.000000190. The lowest BCUT2D eigenvalue weighted by atomic mass is 9.88. The molecule has 2 heterocycles. The van der Waals surface area contributed by atoms with Crippen molar-refractivity contribution in [3.63, 3.8) is 0 Å². The number of ether oxygens (including phenoxy) is 3. The molecule has 6 aliphatic rings. The van der Waals surface area contributed by atoms with E-state index in [0.29, 0.717) is 24.7 Å². The number of halogens is 3. The Hall–Kier alpha value is -2.10. The van der Waals surface area contributed by atoms with Crippen LogP contribution in [0, 0.1) is 35.5 Å². The smallest absolute Gasteiger partial charge is 0.422 e. The molecule has 2 aliphatic heterocycles. The van der Waals surface area contributed by atoms with Crippen LogP contribution in [0.4, 0.5) is 13.2 Å². The number of alkyl halides is 3. The van der Waals surface area contributed by atoms with Crippen molar-refractivity contribution in [2.45, 2.75) is 71.1 Å². The Labute approximate surface area is 184 Å². The van der Waals surface area contributed by atoms with Gasteiger partial charge in [0.15, 0.2) is 0 Å². The van der Waals surface area contributed by atoms with Crippen LogP contribution in [0.15, 0.2) is 12.2 Å². The van der Waals surface area contributed by atoms with E-state index in [9.17, 15) is 32.7 Å². The Kier molecular flexibility index (Phi) is 6.16. The topological polar surface area (TPSA) is 99.1 Å². The van der Waals surface area contributed by atoms with Gasteiger partial charge in [-0.05, 0) is 31.6 Å². The van der Waals surface area contributed by atoms with Gasteiger partial charge >= 0.3 is 24.1 Å². The third-order valence-corrected chi connectivity index (χ3v) is 7.69. The molecule has 0 aromatic carbocycles. The average molecular weight is 462 g/mol. The summed E-state index contributed by atoms with van der Waals surface area (Å²) in [5.74, 6) is -1.33. The molecular weight excluding hydrogens is 433 g/mol. The Morgan fingerprint density at radius 1 is 0.938 bits per heavy atom. The summed E-state index contributed by atoms with van der Waals surface area (Å²) in [6, 6.07) is 0. The molecule has 10 unspecified atom stereocenters. The highest BCUT2D eigenvalue weighted by atomic mass is 19.4. The third-order valence-electron chi connectivity index (χ3n) is 7.69. The molecule has 0 amide bonds. The lowest BCUT2D eigenvalue weighted by molar-refractivity contribution is -0.165. The number of carbonyl (C=O) groups is 3. The maximum Gasteiger partial charge on any atom is 0.422 e. The number of aliphatic hydroxyl groups is 1. The molecule has 6 rings (SSSR count). The molecule has 4 bridgehead atoms. The molecule has 0 radical (unpaired) electrons. The van der Waals surface area contributed by atoms with Crippen molar-refractivity contribution in [1.29, 1.82) is 0 Å². The van der Waals surface area contributed by atoms with E-state index in [-0.39, 0.29) is 62.7 Å².